The number of ether oxygens (including phenoxy) is 1. The van der Waals surface area contributed by atoms with Crippen molar-refractivity contribution in [3.8, 4) is 5.75 Å². The molecular formula is C15H25NO. The predicted molar refractivity (Wildman–Crippen MR) is 73.6 cm³/mol. The molecule has 1 atom stereocenters. The first kappa shape index (κ1) is 14.0. The Kier molecular flexibility index (Phi) is 5.49. The lowest BCUT2D eigenvalue weighted by molar-refractivity contribution is 0.395. The molecule has 0 saturated carbocycles. The fraction of sp³-hybridized carbons (Fsp3) is 0.600. The molecule has 0 amide bonds. The summed E-state index contributed by atoms with van der Waals surface area (Å²) in [4.78, 5) is 0. The third-order valence-electron chi connectivity index (χ3n) is 3.10. The number of nitrogens with two attached hydrogens (primary N) is 1. The lowest BCUT2D eigenvalue weighted by Gasteiger charge is -2.21. The molecule has 0 aliphatic rings. The lowest BCUT2D eigenvalue weighted by atomic mass is 9.86. The molecule has 0 aliphatic heterocycles. The van der Waals surface area contributed by atoms with Crippen LogP contribution in [0.15, 0.2) is 18.2 Å². The zero-order chi connectivity index (χ0) is 12.8. The van der Waals surface area contributed by atoms with Crippen LogP contribution in [0, 0.1) is 12.8 Å². The van der Waals surface area contributed by atoms with E-state index in [0.717, 1.165) is 25.1 Å². The van der Waals surface area contributed by atoms with E-state index >= 15 is 0 Å². The highest BCUT2D eigenvalue weighted by Crippen LogP contribution is 2.34. The number of aryl methyl sites for hydroxylation is 1. The molecule has 0 aromatic heterocycles. The van der Waals surface area contributed by atoms with Gasteiger partial charge >= 0.3 is 0 Å². The Balaban J connectivity index is 3.02. The molecular weight excluding hydrogens is 210 g/mol. The summed E-state index contributed by atoms with van der Waals surface area (Å²) in [6.45, 7) is 7.36. The van der Waals surface area contributed by atoms with E-state index in [9.17, 15) is 0 Å². The molecule has 17 heavy (non-hydrogen) atoms. The minimum atomic E-state index is 0.509. The van der Waals surface area contributed by atoms with Gasteiger partial charge in [-0.15, -0.1) is 0 Å². The van der Waals surface area contributed by atoms with Crippen molar-refractivity contribution < 1.29 is 4.74 Å². The topological polar surface area (TPSA) is 35.2 Å². The van der Waals surface area contributed by atoms with Crippen LogP contribution in [0.1, 0.15) is 43.7 Å². The van der Waals surface area contributed by atoms with Gasteiger partial charge in [-0.1, -0.05) is 31.5 Å². The van der Waals surface area contributed by atoms with Crippen LogP contribution in [0.2, 0.25) is 0 Å². The summed E-state index contributed by atoms with van der Waals surface area (Å²) < 4.78 is 5.47. The first-order valence-corrected chi connectivity index (χ1v) is 6.43. The smallest absolute Gasteiger partial charge is 0.122 e. The van der Waals surface area contributed by atoms with E-state index in [1.54, 1.807) is 7.11 Å². The zero-order valence-electron chi connectivity index (χ0n) is 11.5. The summed E-state index contributed by atoms with van der Waals surface area (Å²) in [5, 5.41) is 0. The second-order valence-electron chi connectivity index (χ2n) is 5.15. The van der Waals surface area contributed by atoms with Gasteiger partial charge < -0.3 is 10.5 Å². The highest BCUT2D eigenvalue weighted by Gasteiger charge is 2.17. The second kappa shape index (κ2) is 6.65. The second-order valence-corrected chi connectivity index (χ2v) is 5.15. The number of hydrogen-bond donors (Lipinski definition) is 1. The van der Waals surface area contributed by atoms with Crippen LogP contribution in [-0.2, 0) is 0 Å². The van der Waals surface area contributed by atoms with Crippen LogP contribution in [0.25, 0.3) is 0 Å². The molecule has 1 aromatic carbocycles. The van der Waals surface area contributed by atoms with Gasteiger partial charge in [-0.3, -0.25) is 0 Å². The van der Waals surface area contributed by atoms with Crippen molar-refractivity contribution in [3.63, 3.8) is 0 Å². The van der Waals surface area contributed by atoms with E-state index in [1.165, 1.54) is 11.1 Å². The average molecular weight is 235 g/mol. The fourth-order valence-electron chi connectivity index (χ4n) is 2.34. The number of rotatable bonds is 6. The van der Waals surface area contributed by atoms with Crippen molar-refractivity contribution in [2.45, 2.75) is 39.5 Å². The molecule has 0 saturated heterocycles. The maximum atomic E-state index is 5.73. The van der Waals surface area contributed by atoms with Gasteiger partial charge in [-0.05, 0) is 49.8 Å². The van der Waals surface area contributed by atoms with Gasteiger partial charge in [0.2, 0.25) is 0 Å². The molecule has 0 spiro atoms. The molecule has 1 rings (SSSR count). The van der Waals surface area contributed by atoms with E-state index in [4.69, 9.17) is 10.5 Å². The largest absolute Gasteiger partial charge is 0.496 e. The minimum absolute atomic E-state index is 0.509. The molecule has 0 fully saturated rings. The Morgan fingerprint density at radius 2 is 2.00 bits per heavy atom. The van der Waals surface area contributed by atoms with Gasteiger partial charge in [-0.2, -0.15) is 0 Å². The predicted octanol–water partition coefficient (Wildman–Crippen LogP) is 3.48. The zero-order valence-corrected chi connectivity index (χ0v) is 11.5. The molecule has 0 radical (unpaired) electrons. The minimum Gasteiger partial charge on any atom is -0.496 e. The average Bonchev–Trinajstić information content (AvgIpc) is 2.28. The lowest BCUT2D eigenvalue weighted by Crippen LogP contribution is -2.11. The Morgan fingerprint density at radius 1 is 1.29 bits per heavy atom. The highest BCUT2D eigenvalue weighted by molar-refractivity contribution is 5.39. The summed E-state index contributed by atoms with van der Waals surface area (Å²) in [6.07, 6.45) is 2.19. The maximum absolute atomic E-state index is 5.73. The van der Waals surface area contributed by atoms with Crippen LogP contribution in [0.4, 0.5) is 0 Å². The first-order chi connectivity index (χ1) is 8.08. The summed E-state index contributed by atoms with van der Waals surface area (Å²) in [5.41, 5.74) is 8.33. The Hall–Kier alpha value is -1.02. The summed E-state index contributed by atoms with van der Waals surface area (Å²) in [6, 6.07) is 6.40. The van der Waals surface area contributed by atoms with Crippen LogP contribution >= 0.6 is 0 Å². The van der Waals surface area contributed by atoms with Gasteiger partial charge in [0, 0.05) is 0 Å². The molecule has 2 N–H and O–H groups in total. The van der Waals surface area contributed by atoms with Gasteiger partial charge in [-0.25, -0.2) is 0 Å². The summed E-state index contributed by atoms with van der Waals surface area (Å²) in [7, 11) is 1.74. The number of hydrogen-bond acceptors (Lipinski definition) is 2. The molecule has 96 valence electrons. The third-order valence-corrected chi connectivity index (χ3v) is 3.10. The number of benzene rings is 1. The van der Waals surface area contributed by atoms with E-state index in [2.05, 4.69) is 39.0 Å². The van der Waals surface area contributed by atoms with E-state index in [-0.39, 0.29) is 0 Å². The van der Waals surface area contributed by atoms with Gasteiger partial charge in [0.05, 0.1) is 7.11 Å². The standard InChI is InChI=1S/C15H25NO/c1-11(2)9-13(7-8-16)14-10-12(3)5-6-15(14)17-4/h5-6,10-11,13H,7-9,16H2,1-4H3. The summed E-state index contributed by atoms with van der Waals surface area (Å²) in [5.74, 6) is 2.18. The SMILES string of the molecule is COc1ccc(C)cc1C(CCN)CC(C)C. The van der Waals surface area contributed by atoms with Crippen LogP contribution in [0.5, 0.6) is 5.75 Å². The molecule has 0 aliphatic carbocycles. The van der Waals surface area contributed by atoms with Gasteiger partial charge in [0.15, 0.2) is 0 Å². The van der Waals surface area contributed by atoms with Crippen molar-refractivity contribution in [2.24, 2.45) is 11.7 Å². The van der Waals surface area contributed by atoms with Crippen molar-refractivity contribution in [3.05, 3.63) is 29.3 Å². The van der Waals surface area contributed by atoms with Crippen LogP contribution in [-0.4, -0.2) is 13.7 Å². The van der Waals surface area contributed by atoms with Crippen molar-refractivity contribution >= 4 is 0 Å². The van der Waals surface area contributed by atoms with Gasteiger partial charge in [0.1, 0.15) is 5.75 Å². The summed E-state index contributed by atoms with van der Waals surface area (Å²) >= 11 is 0. The quantitative estimate of drug-likeness (QED) is 0.819. The Morgan fingerprint density at radius 3 is 2.53 bits per heavy atom. The van der Waals surface area contributed by atoms with E-state index < -0.39 is 0 Å². The maximum Gasteiger partial charge on any atom is 0.122 e. The molecule has 2 nitrogen and oxygen atoms in total. The molecule has 1 aromatic rings. The van der Waals surface area contributed by atoms with Gasteiger partial charge in [0.25, 0.3) is 0 Å². The van der Waals surface area contributed by atoms with E-state index in [1.807, 2.05) is 0 Å². The highest BCUT2D eigenvalue weighted by atomic mass is 16.5. The molecule has 2 heteroatoms. The molecule has 0 bridgehead atoms. The van der Waals surface area contributed by atoms with Crippen molar-refractivity contribution in [1.82, 2.24) is 0 Å². The van der Waals surface area contributed by atoms with Crippen molar-refractivity contribution in [1.29, 1.82) is 0 Å². The molecule has 0 heterocycles. The normalized spacial score (nSPS) is 12.8. The van der Waals surface area contributed by atoms with Crippen LogP contribution < -0.4 is 10.5 Å². The van der Waals surface area contributed by atoms with E-state index in [0.29, 0.717) is 11.8 Å². The number of methoxy groups -OCH3 is 1. The Labute approximate surface area is 105 Å². The fourth-order valence-corrected chi connectivity index (χ4v) is 2.34. The Bertz CT molecular complexity index is 347. The first-order valence-electron chi connectivity index (χ1n) is 6.43. The van der Waals surface area contributed by atoms with Crippen molar-refractivity contribution in [2.75, 3.05) is 13.7 Å². The van der Waals surface area contributed by atoms with Crippen LogP contribution in [0.3, 0.4) is 0 Å². The monoisotopic (exact) mass is 235 g/mol. The third kappa shape index (κ3) is 4.04. The molecule has 1 unspecified atom stereocenters.